The summed E-state index contributed by atoms with van der Waals surface area (Å²) in [5.74, 6) is 0.165. The lowest BCUT2D eigenvalue weighted by molar-refractivity contribution is 0.280. The highest BCUT2D eigenvalue weighted by Crippen LogP contribution is 2.20. The van der Waals surface area contributed by atoms with E-state index in [9.17, 15) is 4.39 Å². The van der Waals surface area contributed by atoms with Crippen molar-refractivity contribution in [2.24, 2.45) is 0 Å². The standard InChI is InChI=1S/C14H12ClFO2/c15-13-3-1-2-11(14(13)16)9-18-12-6-4-10(8-17)5-7-12/h1-7,17H,8-9H2. The number of halogens is 2. The van der Waals surface area contributed by atoms with Gasteiger partial charge in [0.15, 0.2) is 0 Å². The van der Waals surface area contributed by atoms with Gasteiger partial charge in [-0.1, -0.05) is 35.9 Å². The van der Waals surface area contributed by atoms with Crippen molar-refractivity contribution in [2.75, 3.05) is 0 Å². The SMILES string of the molecule is OCc1ccc(OCc2cccc(Cl)c2F)cc1. The lowest BCUT2D eigenvalue weighted by atomic mass is 10.2. The van der Waals surface area contributed by atoms with Gasteiger partial charge >= 0.3 is 0 Å². The minimum absolute atomic E-state index is 0.0107. The molecule has 0 aromatic heterocycles. The maximum Gasteiger partial charge on any atom is 0.148 e. The van der Waals surface area contributed by atoms with Crippen molar-refractivity contribution in [3.05, 3.63) is 64.4 Å². The summed E-state index contributed by atoms with van der Waals surface area (Å²) in [6, 6.07) is 11.8. The Morgan fingerprint density at radius 2 is 1.83 bits per heavy atom. The Morgan fingerprint density at radius 1 is 1.11 bits per heavy atom. The number of hydrogen-bond acceptors (Lipinski definition) is 2. The number of benzene rings is 2. The van der Waals surface area contributed by atoms with Crippen LogP contribution in [0.15, 0.2) is 42.5 Å². The predicted molar refractivity (Wildman–Crippen MR) is 68.1 cm³/mol. The highest BCUT2D eigenvalue weighted by atomic mass is 35.5. The molecule has 0 bridgehead atoms. The van der Waals surface area contributed by atoms with E-state index >= 15 is 0 Å². The van der Waals surface area contributed by atoms with Crippen LogP contribution in [0.5, 0.6) is 5.75 Å². The molecule has 18 heavy (non-hydrogen) atoms. The Kier molecular flexibility index (Phi) is 4.18. The van der Waals surface area contributed by atoms with Crippen LogP contribution < -0.4 is 4.74 Å². The molecule has 0 unspecified atom stereocenters. The second-order valence-electron chi connectivity index (χ2n) is 3.80. The summed E-state index contributed by atoms with van der Waals surface area (Å²) in [7, 11) is 0. The van der Waals surface area contributed by atoms with Crippen molar-refractivity contribution in [2.45, 2.75) is 13.2 Å². The van der Waals surface area contributed by atoms with Crippen LogP contribution in [0.4, 0.5) is 4.39 Å². The van der Waals surface area contributed by atoms with E-state index in [1.807, 2.05) is 0 Å². The summed E-state index contributed by atoms with van der Waals surface area (Å²) in [5.41, 5.74) is 1.21. The van der Waals surface area contributed by atoms with E-state index in [2.05, 4.69) is 0 Å². The first kappa shape index (κ1) is 12.9. The Hall–Kier alpha value is -1.58. The van der Waals surface area contributed by atoms with Gasteiger partial charge in [0.1, 0.15) is 18.2 Å². The summed E-state index contributed by atoms with van der Waals surface area (Å²) < 4.78 is 19.0. The number of aliphatic hydroxyl groups excluding tert-OH is 1. The second-order valence-corrected chi connectivity index (χ2v) is 4.21. The van der Waals surface area contributed by atoms with Crippen molar-refractivity contribution >= 4 is 11.6 Å². The first-order valence-electron chi connectivity index (χ1n) is 5.46. The van der Waals surface area contributed by atoms with Gasteiger partial charge in [-0.2, -0.15) is 0 Å². The average Bonchev–Trinajstić information content (AvgIpc) is 2.41. The maximum absolute atomic E-state index is 13.6. The minimum Gasteiger partial charge on any atom is -0.489 e. The molecule has 0 atom stereocenters. The Balaban J connectivity index is 2.04. The summed E-state index contributed by atoms with van der Waals surface area (Å²) in [6.45, 7) is 0.105. The van der Waals surface area contributed by atoms with Crippen LogP contribution in [-0.2, 0) is 13.2 Å². The van der Waals surface area contributed by atoms with Crippen molar-refractivity contribution < 1.29 is 14.2 Å². The number of aliphatic hydroxyl groups is 1. The van der Waals surface area contributed by atoms with Gasteiger partial charge in [-0.15, -0.1) is 0 Å². The fourth-order valence-electron chi connectivity index (χ4n) is 1.51. The molecule has 0 aliphatic rings. The van der Waals surface area contributed by atoms with Crippen LogP contribution in [0.1, 0.15) is 11.1 Å². The lowest BCUT2D eigenvalue weighted by Crippen LogP contribution is -1.99. The van der Waals surface area contributed by atoms with Gasteiger partial charge in [0.2, 0.25) is 0 Å². The molecule has 0 heterocycles. The van der Waals surface area contributed by atoms with E-state index in [0.29, 0.717) is 11.3 Å². The topological polar surface area (TPSA) is 29.5 Å². The van der Waals surface area contributed by atoms with Crippen LogP contribution in [-0.4, -0.2) is 5.11 Å². The van der Waals surface area contributed by atoms with E-state index < -0.39 is 5.82 Å². The molecule has 0 aliphatic heterocycles. The van der Waals surface area contributed by atoms with E-state index in [1.54, 1.807) is 36.4 Å². The molecule has 2 aromatic carbocycles. The van der Waals surface area contributed by atoms with Gasteiger partial charge in [0.05, 0.1) is 11.6 Å². The smallest absolute Gasteiger partial charge is 0.148 e. The molecule has 0 fully saturated rings. The van der Waals surface area contributed by atoms with Gasteiger partial charge < -0.3 is 9.84 Å². The third-order valence-electron chi connectivity index (χ3n) is 2.53. The molecule has 0 radical (unpaired) electrons. The number of hydrogen-bond donors (Lipinski definition) is 1. The van der Waals surface area contributed by atoms with Gasteiger partial charge in [-0.25, -0.2) is 4.39 Å². The Labute approximate surface area is 110 Å². The summed E-state index contributed by atoms with van der Waals surface area (Å²) >= 11 is 5.68. The quantitative estimate of drug-likeness (QED) is 0.917. The lowest BCUT2D eigenvalue weighted by Gasteiger charge is -2.08. The molecule has 0 amide bonds. The first-order chi connectivity index (χ1) is 8.70. The highest BCUT2D eigenvalue weighted by Gasteiger charge is 2.06. The molecule has 94 valence electrons. The Morgan fingerprint density at radius 3 is 2.50 bits per heavy atom. The van der Waals surface area contributed by atoms with E-state index in [-0.39, 0.29) is 18.2 Å². The molecule has 2 rings (SSSR count). The number of rotatable bonds is 4. The second kappa shape index (κ2) is 5.85. The number of ether oxygens (including phenoxy) is 1. The molecule has 4 heteroatoms. The van der Waals surface area contributed by atoms with E-state index in [1.165, 1.54) is 6.07 Å². The maximum atomic E-state index is 13.6. The van der Waals surface area contributed by atoms with Crippen molar-refractivity contribution in [1.82, 2.24) is 0 Å². The van der Waals surface area contributed by atoms with Crippen LogP contribution in [0.2, 0.25) is 5.02 Å². The van der Waals surface area contributed by atoms with Gasteiger partial charge in [0.25, 0.3) is 0 Å². The zero-order valence-corrected chi connectivity index (χ0v) is 10.3. The molecule has 1 N–H and O–H groups in total. The summed E-state index contributed by atoms with van der Waals surface area (Å²) in [4.78, 5) is 0. The molecule has 2 nitrogen and oxygen atoms in total. The predicted octanol–water partition coefficient (Wildman–Crippen LogP) is 3.55. The van der Waals surface area contributed by atoms with Crippen LogP contribution in [0, 0.1) is 5.82 Å². The summed E-state index contributed by atoms with van der Waals surface area (Å²) in [6.07, 6.45) is 0. The zero-order valence-electron chi connectivity index (χ0n) is 9.57. The molecule has 0 spiro atoms. The normalized spacial score (nSPS) is 10.4. The molecular formula is C14H12ClFO2. The van der Waals surface area contributed by atoms with Crippen molar-refractivity contribution in [3.63, 3.8) is 0 Å². The van der Waals surface area contributed by atoms with Crippen molar-refractivity contribution in [3.8, 4) is 5.75 Å². The van der Waals surface area contributed by atoms with Crippen LogP contribution in [0.3, 0.4) is 0 Å². The van der Waals surface area contributed by atoms with Crippen LogP contribution >= 0.6 is 11.6 Å². The highest BCUT2D eigenvalue weighted by molar-refractivity contribution is 6.30. The Bertz CT molecular complexity index is 526. The fraction of sp³-hybridized carbons (Fsp3) is 0.143. The van der Waals surface area contributed by atoms with E-state index in [0.717, 1.165) is 5.56 Å². The minimum atomic E-state index is -0.453. The zero-order chi connectivity index (χ0) is 13.0. The van der Waals surface area contributed by atoms with Crippen molar-refractivity contribution in [1.29, 1.82) is 0 Å². The molecule has 0 saturated heterocycles. The fourth-order valence-corrected chi connectivity index (χ4v) is 1.71. The average molecular weight is 267 g/mol. The molecule has 0 saturated carbocycles. The molecular weight excluding hydrogens is 255 g/mol. The third-order valence-corrected chi connectivity index (χ3v) is 2.82. The van der Waals surface area contributed by atoms with Gasteiger partial charge in [0, 0.05) is 5.56 Å². The largest absolute Gasteiger partial charge is 0.489 e. The summed E-state index contributed by atoms with van der Waals surface area (Å²) in [5, 5.41) is 8.99. The van der Waals surface area contributed by atoms with Gasteiger partial charge in [-0.05, 0) is 23.8 Å². The van der Waals surface area contributed by atoms with Gasteiger partial charge in [-0.3, -0.25) is 0 Å². The van der Waals surface area contributed by atoms with Crippen LogP contribution in [0.25, 0.3) is 0 Å². The van der Waals surface area contributed by atoms with E-state index in [4.69, 9.17) is 21.4 Å². The first-order valence-corrected chi connectivity index (χ1v) is 5.84. The molecule has 2 aromatic rings. The monoisotopic (exact) mass is 266 g/mol. The molecule has 0 aliphatic carbocycles. The third kappa shape index (κ3) is 3.00.